The van der Waals surface area contributed by atoms with Crippen molar-refractivity contribution in [1.29, 1.82) is 0 Å². The van der Waals surface area contributed by atoms with E-state index in [0.717, 1.165) is 0 Å². The number of hydrogen-bond acceptors (Lipinski definition) is 0. The molecule has 0 bridgehead atoms. The molecule has 0 aliphatic carbocycles. The van der Waals surface area contributed by atoms with Crippen LogP contribution in [0.2, 0.25) is 0 Å². The number of halogens is 1. The van der Waals surface area contributed by atoms with Crippen molar-refractivity contribution in [1.82, 2.24) is 0 Å². The summed E-state index contributed by atoms with van der Waals surface area (Å²) in [5.74, 6) is 0. The molecular formula is C9H15BrNiP. The van der Waals surface area contributed by atoms with Crippen molar-refractivity contribution < 1.29 is 13.7 Å². The molecule has 0 aliphatic heterocycles. The first-order valence-corrected chi connectivity index (χ1v) is 8.97. The van der Waals surface area contributed by atoms with Crippen molar-refractivity contribution in [2.75, 3.05) is 20.0 Å². The zero-order valence-electron chi connectivity index (χ0n) is 7.58. The molecule has 0 aliphatic rings. The van der Waals surface area contributed by atoms with E-state index in [1.165, 1.54) is 0 Å². The zero-order valence-corrected chi connectivity index (χ0v) is 11.2. The van der Waals surface area contributed by atoms with Crippen LogP contribution in [-0.4, -0.2) is 20.0 Å². The molecule has 0 unspecified atom stereocenters. The summed E-state index contributed by atoms with van der Waals surface area (Å²) in [5, 5.41) is 0. The van der Waals surface area contributed by atoms with Gasteiger partial charge in [0, 0.05) is 20.0 Å². The van der Waals surface area contributed by atoms with Gasteiger partial charge in [-0.05, 0) is 7.92 Å². The molecule has 0 N–H and O–H groups in total. The van der Waals surface area contributed by atoms with Crippen molar-refractivity contribution in [2.45, 2.75) is 0 Å². The summed E-state index contributed by atoms with van der Waals surface area (Å²) in [6, 6.07) is 12.5. The predicted octanol–water partition coefficient (Wildman–Crippen LogP) is 3.42. The molecule has 0 spiro atoms. The average Bonchev–Trinajstić information content (AvgIpc) is 2.10. The van der Waals surface area contributed by atoms with E-state index >= 15 is 0 Å². The molecule has 3 heteroatoms. The maximum absolute atomic E-state index is 3.69. The molecule has 0 atom stereocenters. The van der Waals surface area contributed by atoms with Gasteiger partial charge in [0.2, 0.25) is 0 Å². The summed E-state index contributed by atoms with van der Waals surface area (Å²) in [5.41, 5.74) is 0. The van der Waals surface area contributed by atoms with Crippen LogP contribution in [0.25, 0.3) is 0 Å². The number of rotatable bonds is 0. The second-order valence-corrected chi connectivity index (χ2v) is 5.58. The largest absolute Gasteiger partial charge is 0.184 e. The van der Waals surface area contributed by atoms with E-state index in [2.05, 4.69) is 54.0 Å². The van der Waals surface area contributed by atoms with Crippen LogP contribution in [-0.2, 0) is 13.7 Å². The minimum absolute atomic E-state index is 0.120. The summed E-state index contributed by atoms with van der Waals surface area (Å²) < 4.78 is 0. The van der Waals surface area contributed by atoms with E-state index in [1.54, 1.807) is 0 Å². The molecule has 0 amide bonds. The number of benzene rings is 1. The molecular weight excluding hydrogens is 278 g/mol. The standard InChI is InChI=1S/C6H5.C3H9P.BrH.Ni/c1-2-4-6-5-3-1;1-4(2)3;;/h1-5H;1-3H3;1H;/q-1;;;+1. The fourth-order valence-electron chi connectivity index (χ4n) is 0.342. The van der Waals surface area contributed by atoms with Gasteiger partial charge < -0.3 is 0 Å². The van der Waals surface area contributed by atoms with Gasteiger partial charge in [-0.2, -0.15) is 36.4 Å². The molecule has 0 radical (unpaired) electrons. The molecule has 1 aromatic carbocycles. The van der Waals surface area contributed by atoms with Crippen molar-refractivity contribution in [2.24, 2.45) is 0 Å². The summed E-state index contributed by atoms with van der Waals surface area (Å²) >= 11 is 6.25. The minimum Gasteiger partial charge on any atom is -0.184 e. The predicted molar refractivity (Wildman–Crippen MR) is 60.3 cm³/mol. The van der Waals surface area contributed by atoms with Crippen molar-refractivity contribution in [3.8, 4) is 0 Å². The zero-order chi connectivity index (χ0) is 9.82. The molecule has 1 rings (SSSR count). The maximum atomic E-state index is 3.69. The van der Waals surface area contributed by atoms with Gasteiger partial charge >= 0.3 is 27.9 Å². The Kier molecular flexibility index (Phi) is 17.8. The Morgan fingerprint density at radius 3 is 1.42 bits per heavy atom. The van der Waals surface area contributed by atoms with E-state index in [-0.39, 0.29) is 7.92 Å². The van der Waals surface area contributed by atoms with Crippen LogP contribution in [0, 0.1) is 6.07 Å². The quantitative estimate of drug-likeness (QED) is 0.390. The van der Waals surface area contributed by atoms with Gasteiger partial charge in [0.05, 0.1) is 0 Å². The van der Waals surface area contributed by atoms with Crippen molar-refractivity contribution in [3.63, 3.8) is 0 Å². The van der Waals surface area contributed by atoms with E-state index in [4.69, 9.17) is 0 Å². The van der Waals surface area contributed by atoms with Gasteiger partial charge in [0.1, 0.15) is 0 Å². The number of hydrogen-bond donors (Lipinski definition) is 0. The van der Waals surface area contributed by atoms with Crippen LogP contribution in [0.15, 0.2) is 30.3 Å². The molecule has 1 aromatic rings. The summed E-state index contributed by atoms with van der Waals surface area (Å²) in [6.07, 6.45) is 0. The Balaban J connectivity index is 0. The fourth-order valence-corrected chi connectivity index (χ4v) is 0.342. The monoisotopic (exact) mass is 291 g/mol. The van der Waals surface area contributed by atoms with E-state index in [9.17, 15) is 0 Å². The first-order valence-electron chi connectivity index (χ1n) is 3.53. The third-order valence-electron chi connectivity index (χ3n) is 0.607. The summed E-state index contributed by atoms with van der Waals surface area (Å²) in [7, 11) is 0.120. The second-order valence-electron chi connectivity index (χ2n) is 2.58. The van der Waals surface area contributed by atoms with Crippen molar-refractivity contribution in [3.05, 3.63) is 36.4 Å². The topological polar surface area (TPSA) is 0 Å². The second kappa shape index (κ2) is 14.2. The SMILES string of the molecule is C[PH+](C)C.[Ni][Br].[c-]1ccccc1. The molecule has 12 heavy (non-hydrogen) atoms. The fraction of sp³-hybridized carbons (Fsp3) is 0.333. The van der Waals surface area contributed by atoms with Crippen LogP contribution in [0.1, 0.15) is 0 Å². The van der Waals surface area contributed by atoms with Crippen LogP contribution in [0.3, 0.4) is 0 Å². The van der Waals surface area contributed by atoms with Gasteiger partial charge in [-0.3, -0.25) is 0 Å². The van der Waals surface area contributed by atoms with Crippen LogP contribution >= 0.6 is 22.1 Å². The van der Waals surface area contributed by atoms with Gasteiger partial charge in [-0.15, -0.1) is 0 Å². The maximum Gasteiger partial charge on any atom is -0.171 e. The van der Waals surface area contributed by atoms with Crippen LogP contribution < -0.4 is 0 Å². The Morgan fingerprint density at radius 2 is 1.33 bits per heavy atom. The van der Waals surface area contributed by atoms with Crippen LogP contribution in [0.5, 0.6) is 0 Å². The molecule has 0 heterocycles. The van der Waals surface area contributed by atoms with Gasteiger partial charge in [-0.25, -0.2) is 0 Å². The van der Waals surface area contributed by atoms with E-state index < -0.39 is 0 Å². The van der Waals surface area contributed by atoms with Crippen LogP contribution in [0.4, 0.5) is 0 Å². The third kappa shape index (κ3) is 22.4. The van der Waals surface area contributed by atoms with Crippen molar-refractivity contribution >= 4 is 22.1 Å². The smallest absolute Gasteiger partial charge is 0.171 e. The first-order chi connectivity index (χ1) is 5.73. The molecule has 0 fully saturated rings. The summed E-state index contributed by atoms with van der Waals surface area (Å²) in [6.45, 7) is 6.81. The first kappa shape index (κ1) is 15.1. The Labute approximate surface area is 92.0 Å². The van der Waals surface area contributed by atoms with Gasteiger partial charge in [0.15, 0.2) is 0 Å². The Bertz CT molecular complexity index is 115. The van der Waals surface area contributed by atoms with E-state index in [0.29, 0.717) is 0 Å². The molecule has 73 valence electrons. The van der Waals surface area contributed by atoms with E-state index in [1.807, 2.05) is 30.3 Å². The Hall–Kier alpha value is 0.624. The van der Waals surface area contributed by atoms with Gasteiger partial charge in [-0.1, -0.05) is 0 Å². The minimum atomic E-state index is 0.120. The molecule has 0 saturated carbocycles. The summed E-state index contributed by atoms with van der Waals surface area (Å²) in [4.78, 5) is 0. The average molecular weight is 293 g/mol. The van der Waals surface area contributed by atoms with Gasteiger partial charge in [0.25, 0.3) is 0 Å². The molecule has 0 aromatic heterocycles. The molecule has 0 saturated heterocycles. The third-order valence-corrected chi connectivity index (χ3v) is 0.607. The Morgan fingerprint density at radius 1 is 1.00 bits per heavy atom. The molecule has 0 nitrogen and oxygen atoms in total. The normalized spacial score (nSPS) is 7.58.